The van der Waals surface area contributed by atoms with Gasteiger partial charge >= 0.3 is 0 Å². The minimum absolute atomic E-state index is 0.124. The summed E-state index contributed by atoms with van der Waals surface area (Å²) in [6.45, 7) is 2.83. The van der Waals surface area contributed by atoms with Gasteiger partial charge in [-0.2, -0.15) is 4.31 Å². The van der Waals surface area contributed by atoms with Crippen molar-refractivity contribution >= 4 is 10.0 Å². The molecule has 2 heterocycles. The molecule has 1 aliphatic carbocycles. The molecule has 0 bridgehead atoms. The van der Waals surface area contributed by atoms with Crippen LogP contribution >= 0.6 is 0 Å². The van der Waals surface area contributed by atoms with Crippen LogP contribution in [0.15, 0.2) is 28.0 Å². The van der Waals surface area contributed by atoms with Crippen LogP contribution in [0.5, 0.6) is 0 Å². The first kappa shape index (κ1) is 14.8. The third kappa shape index (κ3) is 2.66. The van der Waals surface area contributed by atoms with Crippen LogP contribution in [0, 0.1) is 11.8 Å². The molecule has 1 saturated carbocycles. The Hall–Kier alpha value is -1.14. The highest BCUT2D eigenvalue weighted by atomic mass is 32.2. The fourth-order valence-electron chi connectivity index (χ4n) is 3.86. The third-order valence-corrected chi connectivity index (χ3v) is 6.97. The summed E-state index contributed by atoms with van der Waals surface area (Å²) in [5, 5.41) is 0. The van der Waals surface area contributed by atoms with Crippen LogP contribution < -0.4 is 5.56 Å². The second-order valence-electron chi connectivity index (χ2n) is 6.29. The smallest absolute Gasteiger partial charge is 0.247 e. The van der Waals surface area contributed by atoms with E-state index in [2.05, 4.69) is 11.9 Å². The van der Waals surface area contributed by atoms with Crippen LogP contribution in [-0.4, -0.2) is 30.3 Å². The molecular formula is C15H22N2O3S. The van der Waals surface area contributed by atoms with Crippen molar-refractivity contribution < 1.29 is 8.42 Å². The molecule has 5 nitrogen and oxygen atoms in total. The van der Waals surface area contributed by atoms with Gasteiger partial charge in [0.15, 0.2) is 0 Å². The van der Waals surface area contributed by atoms with E-state index in [0.29, 0.717) is 18.4 Å². The minimum atomic E-state index is -3.51. The van der Waals surface area contributed by atoms with Gasteiger partial charge in [0.1, 0.15) is 0 Å². The molecule has 3 unspecified atom stereocenters. The summed E-state index contributed by atoms with van der Waals surface area (Å²) < 4.78 is 27.4. The maximum absolute atomic E-state index is 12.9. The van der Waals surface area contributed by atoms with Crippen LogP contribution in [-0.2, 0) is 10.0 Å². The number of hydrogen-bond acceptors (Lipinski definition) is 3. The predicted octanol–water partition coefficient (Wildman–Crippen LogP) is 1.96. The van der Waals surface area contributed by atoms with Gasteiger partial charge in [0, 0.05) is 24.8 Å². The first-order valence-corrected chi connectivity index (χ1v) is 9.15. The van der Waals surface area contributed by atoms with Crippen molar-refractivity contribution in [3.63, 3.8) is 0 Å². The van der Waals surface area contributed by atoms with Crippen molar-refractivity contribution in [3.8, 4) is 0 Å². The van der Waals surface area contributed by atoms with Gasteiger partial charge in [0.05, 0.1) is 4.90 Å². The third-order valence-electron chi connectivity index (χ3n) is 5.05. The molecule has 2 fully saturated rings. The summed E-state index contributed by atoms with van der Waals surface area (Å²) in [5.41, 5.74) is -0.281. The molecule has 1 aliphatic heterocycles. The Bertz CT molecular complexity index is 647. The topological polar surface area (TPSA) is 70.2 Å². The summed E-state index contributed by atoms with van der Waals surface area (Å²) in [6, 6.07) is 2.81. The highest BCUT2D eigenvalue weighted by Gasteiger charge is 2.42. The monoisotopic (exact) mass is 310 g/mol. The number of pyridine rings is 1. The standard InChI is InChI=1S/C15H22N2O3S/c1-11-8-9-17(14-5-3-2-4-13(11)14)21(19,20)12-6-7-15(18)16-10-12/h6-7,10-11,13-14H,2-5,8-9H2,1H3,(H,16,18). The molecule has 1 N–H and O–H groups in total. The van der Waals surface area contributed by atoms with Crippen LogP contribution in [0.2, 0.25) is 0 Å². The first-order chi connectivity index (χ1) is 10.00. The minimum Gasteiger partial charge on any atom is -0.328 e. The van der Waals surface area contributed by atoms with E-state index in [-0.39, 0.29) is 16.5 Å². The zero-order valence-corrected chi connectivity index (χ0v) is 13.1. The molecule has 6 heteroatoms. The molecule has 0 amide bonds. The number of H-pyrrole nitrogens is 1. The van der Waals surface area contributed by atoms with Gasteiger partial charge in [-0.15, -0.1) is 0 Å². The molecule has 0 aromatic carbocycles. The maximum atomic E-state index is 12.9. The van der Waals surface area contributed by atoms with Gasteiger partial charge in [0.25, 0.3) is 0 Å². The lowest BCUT2D eigenvalue weighted by Gasteiger charge is -2.46. The van der Waals surface area contributed by atoms with E-state index in [0.717, 1.165) is 25.7 Å². The predicted molar refractivity (Wildman–Crippen MR) is 80.5 cm³/mol. The number of fused-ring (bicyclic) bond motifs is 1. The van der Waals surface area contributed by atoms with Crippen molar-refractivity contribution in [2.45, 2.75) is 50.0 Å². The molecule has 2 aliphatic rings. The van der Waals surface area contributed by atoms with Gasteiger partial charge in [-0.3, -0.25) is 4.79 Å². The van der Waals surface area contributed by atoms with E-state index in [1.165, 1.54) is 24.8 Å². The van der Waals surface area contributed by atoms with Gasteiger partial charge in [0.2, 0.25) is 15.6 Å². The van der Waals surface area contributed by atoms with Gasteiger partial charge in [-0.25, -0.2) is 8.42 Å². The largest absolute Gasteiger partial charge is 0.328 e. The number of aromatic nitrogens is 1. The van der Waals surface area contributed by atoms with E-state index in [1.807, 2.05) is 0 Å². The molecule has 116 valence electrons. The zero-order valence-electron chi connectivity index (χ0n) is 12.3. The second-order valence-corrected chi connectivity index (χ2v) is 8.18. The Labute approximate surface area is 125 Å². The van der Waals surface area contributed by atoms with Crippen molar-refractivity contribution in [2.75, 3.05) is 6.54 Å². The average Bonchev–Trinajstić information content (AvgIpc) is 2.48. The second kappa shape index (κ2) is 5.57. The number of hydrogen-bond donors (Lipinski definition) is 1. The maximum Gasteiger partial charge on any atom is 0.247 e. The van der Waals surface area contributed by atoms with E-state index in [1.54, 1.807) is 4.31 Å². The number of sulfonamides is 1. The van der Waals surface area contributed by atoms with Crippen LogP contribution in [0.25, 0.3) is 0 Å². The Morgan fingerprint density at radius 1 is 1.19 bits per heavy atom. The fourth-order valence-corrected chi connectivity index (χ4v) is 5.55. The molecule has 1 saturated heterocycles. The highest BCUT2D eigenvalue weighted by Crippen LogP contribution is 2.40. The van der Waals surface area contributed by atoms with E-state index in [4.69, 9.17) is 0 Å². The van der Waals surface area contributed by atoms with Crippen molar-refractivity contribution in [1.82, 2.24) is 9.29 Å². The molecular weight excluding hydrogens is 288 g/mol. The van der Waals surface area contributed by atoms with Gasteiger partial charge in [-0.05, 0) is 37.2 Å². The Morgan fingerprint density at radius 3 is 2.67 bits per heavy atom. The summed E-state index contributed by atoms with van der Waals surface area (Å²) in [4.78, 5) is 13.8. The number of piperidine rings is 1. The zero-order chi connectivity index (χ0) is 15.0. The molecule has 0 spiro atoms. The normalized spacial score (nSPS) is 30.8. The van der Waals surface area contributed by atoms with Crippen LogP contribution in [0.3, 0.4) is 0 Å². The van der Waals surface area contributed by atoms with E-state index < -0.39 is 10.0 Å². The molecule has 1 aromatic rings. The van der Waals surface area contributed by atoms with Gasteiger partial charge in [-0.1, -0.05) is 19.8 Å². The molecule has 21 heavy (non-hydrogen) atoms. The van der Waals surface area contributed by atoms with Gasteiger partial charge < -0.3 is 4.98 Å². The van der Waals surface area contributed by atoms with Crippen LogP contribution in [0.1, 0.15) is 39.0 Å². The molecule has 0 radical (unpaired) electrons. The molecule has 3 atom stereocenters. The quantitative estimate of drug-likeness (QED) is 0.908. The fraction of sp³-hybridized carbons (Fsp3) is 0.667. The van der Waals surface area contributed by atoms with E-state index >= 15 is 0 Å². The number of nitrogens with one attached hydrogen (secondary N) is 1. The summed E-state index contributed by atoms with van der Waals surface area (Å²) in [7, 11) is -3.51. The van der Waals surface area contributed by atoms with E-state index in [9.17, 15) is 13.2 Å². The lowest BCUT2D eigenvalue weighted by atomic mass is 9.74. The first-order valence-electron chi connectivity index (χ1n) is 7.71. The Morgan fingerprint density at radius 2 is 1.95 bits per heavy atom. The number of aromatic amines is 1. The van der Waals surface area contributed by atoms with Crippen LogP contribution in [0.4, 0.5) is 0 Å². The summed E-state index contributed by atoms with van der Waals surface area (Å²) in [6.07, 6.45) is 6.63. The number of nitrogens with zero attached hydrogens (tertiary/aromatic N) is 1. The van der Waals surface area contributed by atoms with Crippen molar-refractivity contribution in [1.29, 1.82) is 0 Å². The lowest BCUT2D eigenvalue weighted by Crippen LogP contribution is -2.52. The highest BCUT2D eigenvalue weighted by molar-refractivity contribution is 7.89. The Kier molecular flexibility index (Phi) is 3.92. The lowest BCUT2D eigenvalue weighted by molar-refractivity contribution is 0.0827. The average molecular weight is 310 g/mol. The molecule has 1 aromatic heterocycles. The SMILES string of the molecule is CC1CCN(S(=O)(=O)c2ccc(=O)[nH]c2)C2CCCCC12. The Balaban J connectivity index is 1.94. The summed E-state index contributed by atoms with van der Waals surface area (Å²) >= 11 is 0. The van der Waals surface area contributed by atoms with Crippen molar-refractivity contribution in [2.24, 2.45) is 11.8 Å². The van der Waals surface area contributed by atoms with Crippen molar-refractivity contribution in [3.05, 3.63) is 28.7 Å². The molecule has 3 rings (SSSR count). The number of rotatable bonds is 2. The summed E-state index contributed by atoms with van der Waals surface area (Å²) in [5.74, 6) is 1.07.